The predicted molar refractivity (Wildman–Crippen MR) is 74.5 cm³/mol. The van der Waals surface area contributed by atoms with Gasteiger partial charge in [0.15, 0.2) is 0 Å². The second-order valence-corrected chi connectivity index (χ2v) is 6.45. The largest absolute Gasteiger partial charge is 0.460 e. The number of carbonyl (C=O) groups is 2. The van der Waals surface area contributed by atoms with Crippen molar-refractivity contribution in [3.05, 3.63) is 0 Å². The van der Waals surface area contributed by atoms with Crippen molar-refractivity contribution >= 4 is 11.9 Å². The zero-order valence-electron chi connectivity index (χ0n) is 12.7. The summed E-state index contributed by atoms with van der Waals surface area (Å²) in [7, 11) is 0. The maximum absolute atomic E-state index is 12.2. The van der Waals surface area contributed by atoms with Gasteiger partial charge in [-0.1, -0.05) is 13.3 Å². The Balaban J connectivity index is 2.80. The van der Waals surface area contributed by atoms with E-state index in [1.807, 2.05) is 6.92 Å². The maximum atomic E-state index is 12.2. The molecule has 6 nitrogen and oxygen atoms in total. The van der Waals surface area contributed by atoms with Gasteiger partial charge in [-0.2, -0.15) is 0 Å². The predicted octanol–water partition coefficient (Wildman–Crippen LogP) is 0.670. The molecule has 0 aliphatic heterocycles. The second-order valence-electron chi connectivity index (χ2n) is 6.45. The van der Waals surface area contributed by atoms with Crippen molar-refractivity contribution in [2.24, 2.45) is 11.7 Å². The van der Waals surface area contributed by atoms with E-state index in [1.165, 1.54) is 0 Å². The van der Waals surface area contributed by atoms with Gasteiger partial charge in [0.2, 0.25) is 5.72 Å². The van der Waals surface area contributed by atoms with Gasteiger partial charge in [0.1, 0.15) is 11.5 Å². The highest BCUT2D eigenvalue weighted by Crippen LogP contribution is 2.25. The van der Waals surface area contributed by atoms with Crippen molar-refractivity contribution in [2.75, 3.05) is 0 Å². The van der Waals surface area contributed by atoms with E-state index >= 15 is 0 Å². The lowest BCUT2D eigenvalue weighted by Crippen LogP contribution is -2.61. The van der Waals surface area contributed by atoms with Crippen LogP contribution in [0.25, 0.3) is 0 Å². The lowest BCUT2D eigenvalue weighted by atomic mass is 9.90. The summed E-state index contributed by atoms with van der Waals surface area (Å²) in [6.45, 7) is 7.04. The normalized spacial score (nSPS) is 19.9. The molecule has 1 aliphatic rings. The fraction of sp³-hybridized carbons (Fsp3) is 0.857. The smallest absolute Gasteiger partial charge is 0.314 e. The number of amides is 1. The third-order valence-electron chi connectivity index (χ3n) is 3.08. The van der Waals surface area contributed by atoms with Gasteiger partial charge in [-0.05, 0) is 40.0 Å². The number of hydrogen-bond acceptors (Lipinski definition) is 5. The molecule has 1 aliphatic carbocycles. The third kappa shape index (κ3) is 4.76. The molecular formula is C14H26N2O4. The van der Waals surface area contributed by atoms with Crippen molar-refractivity contribution < 1.29 is 19.4 Å². The van der Waals surface area contributed by atoms with Gasteiger partial charge in [-0.25, -0.2) is 0 Å². The van der Waals surface area contributed by atoms with Crippen LogP contribution in [0.5, 0.6) is 0 Å². The van der Waals surface area contributed by atoms with E-state index in [0.717, 1.165) is 12.8 Å². The summed E-state index contributed by atoms with van der Waals surface area (Å²) in [5, 5.41) is 12.9. The van der Waals surface area contributed by atoms with Gasteiger partial charge in [-0.3, -0.25) is 15.3 Å². The summed E-state index contributed by atoms with van der Waals surface area (Å²) in [5.41, 5.74) is 2.81. The highest BCUT2D eigenvalue weighted by molar-refractivity contribution is 5.90. The van der Waals surface area contributed by atoms with Crippen LogP contribution in [0.1, 0.15) is 53.4 Å². The standard InChI is InChI=1S/C14H26N2O4/c1-5-6-10(11(17)20-13(2,3)4)14(15,19)12(18)16-9-7-8-9/h9-10,19H,5-8,15H2,1-4H3,(H,16,18)/t10-,14+/m0/s1. The van der Waals surface area contributed by atoms with E-state index in [4.69, 9.17) is 10.5 Å². The van der Waals surface area contributed by atoms with Crippen LogP contribution in [0.3, 0.4) is 0 Å². The first-order chi connectivity index (χ1) is 9.08. The molecule has 1 fully saturated rings. The first-order valence-electron chi connectivity index (χ1n) is 7.13. The Morgan fingerprint density at radius 1 is 1.40 bits per heavy atom. The first kappa shape index (κ1) is 16.9. The van der Waals surface area contributed by atoms with E-state index in [0.29, 0.717) is 12.8 Å². The van der Waals surface area contributed by atoms with E-state index < -0.39 is 29.1 Å². The number of carbonyl (C=O) groups excluding carboxylic acids is 2. The monoisotopic (exact) mass is 286 g/mol. The number of nitrogens with two attached hydrogens (primary N) is 1. The number of rotatable bonds is 6. The fourth-order valence-corrected chi connectivity index (χ4v) is 1.87. The molecule has 6 heteroatoms. The molecule has 0 aromatic heterocycles. The summed E-state index contributed by atoms with van der Waals surface area (Å²) < 4.78 is 5.25. The molecular weight excluding hydrogens is 260 g/mol. The van der Waals surface area contributed by atoms with Crippen LogP contribution in [0.4, 0.5) is 0 Å². The van der Waals surface area contributed by atoms with Crippen LogP contribution in [0.2, 0.25) is 0 Å². The maximum Gasteiger partial charge on any atom is 0.314 e. The minimum absolute atomic E-state index is 0.0680. The number of ether oxygens (including phenoxy) is 1. The summed E-state index contributed by atoms with van der Waals surface area (Å²) in [5.74, 6) is -2.41. The molecule has 4 N–H and O–H groups in total. The zero-order chi connectivity index (χ0) is 15.6. The minimum atomic E-state index is -2.24. The third-order valence-corrected chi connectivity index (χ3v) is 3.08. The molecule has 20 heavy (non-hydrogen) atoms. The topological polar surface area (TPSA) is 102 Å². The Kier molecular flexibility index (Phi) is 5.15. The van der Waals surface area contributed by atoms with Gasteiger partial charge >= 0.3 is 5.97 Å². The van der Waals surface area contributed by atoms with Crippen molar-refractivity contribution in [2.45, 2.75) is 70.7 Å². The first-order valence-corrected chi connectivity index (χ1v) is 7.13. The Morgan fingerprint density at radius 2 is 1.95 bits per heavy atom. The molecule has 0 aromatic carbocycles. The van der Waals surface area contributed by atoms with Crippen molar-refractivity contribution in [3.8, 4) is 0 Å². The molecule has 0 spiro atoms. The van der Waals surface area contributed by atoms with Gasteiger partial charge < -0.3 is 15.2 Å². The van der Waals surface area contributed by atoms with Crippen LogP contribution in [0.15, 0.2) is 0 Å². The van der Waals surface area contributed by atoms with Crippen LogP contribution in [-0.2, 0) is 14.3 Å². The molecule has 1 saturated carbocycles. The Morgan fingerprint density at radius 3 is 2.35 bits per heavy atom. The van der Waals surface area contributed by atoms with Crippen molar-refractivity contribution in [1.82, 2.24) is 5.32 Å². The molecule has 2 atom stereocenters. The quantitative estimate of drug-likeness (QED) is 0.492. The average Bonchev–Trinajstić information content (AvgIpc) is 3.06. The summed E-state index contributed by atoms with van der Waals surface area (Å²) >= 11 is 0. The molecule has 1 amide bonds. The minimum Gasteiger partial charge on any atom is -0.460 e. The van der Waals surface area contributed by atoms with Gasteiger partial charge in [0.05, 0.1) is 0 Å². The molecule has 0 aromatic rings. The summed E-state index contributed by atoms with van der Waals surface area (Å²) in [6.07, 6.45) is 2.67. The molecule has 116 valence electrons. The van der Waals surface area contributed by atoms with Crippen LogP contribution in [0, 0.1) is 5.92 Å². The van der Waals surface area contributed by atoms with Crippen LogP contribution >= 0.6 is 0 Å². The summed E-state index contributed by atoms with van der Waals surface area (Å²) in [4.78, 5) is 24.2. The van der Waals surface area contributed by atoms with E-state index in [9.17, 15) is 14.7 Å². The van der Waals surface area contributed by atoms with Crippen molar-refractivity contribution in [3.63, 3.8) is 0 Å². The zero-order valence-corrected chi connectivity index (χ0v) is 12.7. The summed E-state index contributed by atoms with van der Waals surface area (Å²) in [6, 6.07) is 0.0680. The van der Waals surface area contributed by atoms with Crippen LogP contribution in [-0.4, -0.2) is 34.4 Å². The molecule has 0 unspecified atom stereocenters. The van der Waals surface area contributed by atoms with E-state index in [-0.39, 0.29) is 6.04 Å². The number of nitrogens with one attached hydrogen (secondary N) is 1. The SMILES string of the molecule is CCC[C@@H](C(=O)OC(C)(C)C)[C@@](N)(O)C(=O)NC1CC1. The lowest BCUT2D eigenvalue weighted by molar-refractivity contribution is -0.175. The highest BCUT2D eigenvalue weighted by Gasteiger charge is 2.47. The molecule has 0 bridgehead atoms. The van der Waals surface area contributed by atoms with Gasteiger partial charge in [0.25, 0.3) is 5.91 Å². The fourth-order valence-electron chi connectivity index (χ4n) is 1.87. The van der Waals surface area contributed by atoms with E-state index in [1.54, 1.807) is 20.8 Å². The Bertz CT molecular complexity index is 370. The average molecular weight is 286 g/mol. The van der Waals surface area contributed by atoms with E-state index in [2.05, 4.69) is 5.32 Å². The molecule has 0 heterocycles. The van der Waals surface area contributed by atoms with Gasteiger partial charge in [0, 0.05) is 6.04 Å². The van der Waals surface area contributed by atoms with Crippen LogP contribution < -0.4 is 11.1 Å². The molecule has 0 radical (unpaired) electrons. The van der Waals surface area contributed by atoms with Gasteiger partial charge in [-0.15, -0.1) is 0 Å². The molecule has 1 rings (SSSR count). The highest BCUT2D eigenvalue weighted by atomic mass is 16.6. The lowest BCUT2D eigenvalue weighted by Gasteiger charge is -2.32. The Hall–Kier alpha value is -1.14. The number of hydrogen-bond donors (Lipinski definition) is 3. The second kappa shape index (κ2) is 6.10. The number of esters is 1. The Labute approximate surface area is 120 Å². The van der Waals surface area contributed by atoms with Crippen molar-refractivity contribution in [1.29, 1.82) is 0 Å². The number of aliphatic hydroxyl groups is 1. The molecule has 0 saturated heterocycles.